The van der Waals surface area contributed by atoms with Crippen LogP contribution >= 0.6 is 22.7 Å². The van der Waals surface area contributed by atoms with Gasteiger partial charge in [0.05, 0.1) is 24.8 Å². The molecule has 2 N–H and O–H groups in total. The molecule has 3 aromatic heterocycles. The number of hydrogen-bond acceptors (Lipinski definition) is 7. The summed E-state index contributed by atoms with van der Waals surface area (Å²) in [5.74, 6) is 1.39. The van der Waals surface area contributed by atoms with Gasteiger partial charge in [0.25, 0.3) is 5.91 Å². The standard InChI is InChI=1S/C19H16N4O3S2/c1-25-14-6-5-11(8-15(14)26-2)19-20-13(10-28-19)18(24)21-17-9-12(22-23-17)16-4-3-7-27-16/h3-10H,1-2H3,(H2,21,22,23,24). The Balaban J connectivity index is 1.50. The third-order valence-corrected chi connectivity index (χ3v) is 5.77. The van der Waals surface area contributed by atoms with Crippen molar-refractivity contribution in [1.82, 2.24) is 15.2 Å². The minimum absolute atomic E-state index is 0.313. The average molecular weight is 412 g/mol. The van der Waals surface area contributed by atoms with Gasteiger partial charge in [-0.1, -0.05) is 6.07 Å². The van der Waals surface area contributed by atoms with Crippen LogP contribution in [0, 0.1) is 0 Å². The monoisotopic (exact) mass is 412 g/mol. The number of nitrogens with zero attached hydrogens (tertiary/aromatic N) is 2. The number of rotatable bonds is 6. The minimum Gasteiger partial charge on any atom is -0.493 e. The highest BCUT2D eigenvalue weighted by Gasteiger charge is 2.15. The lowest BCUT2D eigenvalue weighted by molar-refractivity contribution is 0.102. The van der Waals surface area contributed by atoms with E-state index in [9.17, 15) is 4.79 Å². The van der Waals surface area contributed by atoms with E-state index < -0.39 is 0 Å². The third kappa shape index (κ3) is 3.62. The van der Waals surface area contributed by atoms with Crippen molar-refractivity contribution in [3.8, 4) is 32.6 Å². The Morgan fingerprint density at radius 2 is 1.96 bits per heavy atom. The van der Waals surface area contributed by atoms with Crippen LogP contribution in [-0.2, 0) is 0 Å². The van der Waals surface area contributed by atoms with E-state index in [1.807, 2.05) is 35.7 Å². The molecule has 0 atom stereocenters. The number of carbonyl (C=O) groups excluding carboxylic acids is 1. The van der Waals surface area contributed by atoms with Crippen molar-refractivity contribution in [3.63, 3.8) is 0 Å². The number of ether oxygens (including phenoxy) is 2. The van der Waals surface area contributed by atoms with Gasteiger partial charge in [0.1, 0.15) is 10.7 Å². The molecule has 3 heterocycles. The number of thiophene rings is 1. The first-order valence-corrected chi connectivity index (χ1v) is 10.0. The summed E-state index contributed by atoms with van der Waals surface area (Å²) in [5, 5.41) is 14.2. The van der Waals surface area contributed by atoms with Crippen LogP contribution in [0.3, 0.4) is 0 Å². The van der Waals surface area contributed by atoms with E-state index in [0.717, 1.165) is 16.1 Å². The first kappa shape index (κ1) is 18.2. The fourth-order valence-electron chi connectivity index (χ4n) is 2.60. The Hall–Kier alpha value is -3.17. The molecule has 4 aromatic rings. The minimum atomic E-state index is -0.313. The Kier molecular flexibility index (Phi) is 5.09. The summed E-state index contributed by atoms with van der Waals surface area (Å²) in [6.07, 6.45) is 0. The van der Waals surface area contributed by atoms with Gasteiger partial charge in [-0.15, -0.1) is 22.7 Å². The number of aromatic amines is 1. The number of thiazole rings is 1. The van der Waals surface area contributed by atoms with E-state index >= 15 is 0 Å². The second-order valence-corrected chi connectivity index (χ2v) is 7.51. The molecular weight excluding hydrogens is 396 g/mol. The van der Waals surface area contributed by atoms with Crippen molar-refractivity contribution in [3.05, 3.63) is 52.9 Å². The van der Waals surface area contributed by atoms with Gasteiger partial charge in [0.15, 0.2) is 17.3 Å². The van der Waals surface area contributed by atoms with Gasteiger partial charge in [-0.3, -0.25) is 9.89 Å². The van der Waals surface area contributed by atoms with Gasteiger partial charge in [0, 0.05) is 17.0 Å². The van der Waals surface area contributed by atoms with Gasteiger partial charge in [-0.25, -0.2) is 4.98 Å². The number of nitrogens with one attached hydrogen (secondary N) is 2. The molecule has 0 fully saturated rings. The summed E-state index contributed by atoms with van der Waals surface area (Å²) < 4.78 is 10.6. The van der Waals surface area contributed by atoms with Gasteiger partial charge < -0.3 is 14.8 Å². The van der Waals surface area contributed by atoms with Crippen LogP contribution in [0.2, 0.25) is 0 Å². The molecule has 4 rings (SSSR count). The molecule has 0 unspecified atom stereocenters. The SMILES string of the molecule is COc1ccc(-c2nc(C(=O)Nc3cc(-c4cccs4)[nH]n3)cs2)cc1OC. The van der Waals surface area contributed by atoms with Crippen LogP contribution in [0.1, 0.15) is 10.5 Å². The van der Waals surface area contributed by atoms with Crippen LogP contribution in [-0.4, -0.2) is 35.3 Å². The van der Waals surface area contributed by atoms with Crippen molar-refractivity contribution < 1.29 is 14.3 Å². The Morgan fingerprint density at radius 1 is 1.11 bits per heavy atom. The molecule has 28 heavy (non-hydrogen) atoms. The summed E-state index contributed by atoms with van der Waals surface area (Å²) >= 11 is 2.98. The first-order chi connectivity index (χ1) is 13.7. The van der Waals surface area contributed by atoms with Crippen molar-refractivity contribution in [2.75, 3.05) is 19.5 Å². The molecule has 0 aliphatic rings. The maximum absolute atomic E-state index is 12.5. The summed E-state index contributed by atoms with van der Waals surface area (Å²) in [6.45, 7) is 0. The zero-order valence-electron chi connectivity index (χ0n) is 15.1. The van der Waals surface area contributed by atoms with E-state index in [2.05, 4.69) is 20.5 Å². The molecule has 0 radical (unpaired) electrons. The van der Waals surface area contributed by atoms with Crippen molar-refractivity contribution >= 4 is 34.4 Å². The Morgan fingerprint density at radius 3 is 2.71 bits per heavy atom. The van der Waals surface area contributed by atoms with Crippen molar-refractivity contribution in [2.45, 2.75) is 0 Å². The van der Waals surface area contributed by atoms with Crippen molar-refractivity contribution in [2.24, 2.45) is 0 Å². The predicted octanol–water partition coefficient (Wildman–Crippen LogP) is 4.53. The number of H-pyrrole nitrogens is 1. The zero-order valence-corrected chi connectivity index (χ0v) is 16.7. The first-order valence-electron chi connectivity index (χ1n) is 8.26. The van der Waals surface area contributed by atoms with Crippen LogP contribution in [0.5, 0.6) is 11.5 Å². The van der Waals surface area contributed by atoms with Crippen LogP contribution in [0.25, 0.3) is 21.1 Å². The maximum atomic E-state index is 12.5. The molecule has 7 nitrogen and oxygen atoms in total. The third-order valence-electron chi connectivity index (χ3n) is 3.97. The topological polar surface area (TPSA) is 89.1 Å². The number of aromatic nitrogens is 3. The molecule has 142 valence electrons. The van der Waals surface area contributed by atoms with Crippen LogP contribution in [0.15, 0.2) is 47.2 Å². The summed E-state index contributed by atoms with van der Waals surface area (Å²) in [6, 6.07) is 11.3. The second kappa shape index (κ2) is 7.83. The fraction of sp³-hybridized carbons (Fsp3) is 0.105. The number of amides is 1. The molecule has 0 saturated carbocycles. The smallest absolute Gasteiger partial charge is 0.276 e. The van der Waals surface area contributed by atoms with E-state index in [4.69, 9.17) is 9.47 Å². The number of hydrogen-bond donors (Lipinski definition) is 2. The lowest BCUT2D eigenvalue weighted by Gasteiger charge is -2.08. The van der Waals surface area contributed by atoms with Gasteiger partial charge in [-0.2, -0.15) is 5.10 Å². The predicted molar refractivity (Wildman–Crippen MR) is 111 cm³/mol. The Bertz CT molecular complexity index is 1100. The lowest BCUT2D eigenvalue weighted by atomic mass is 10.2. The Labute approximate surface area is 169 Å². The number of methoxy groups -OCH3 is 2. The van der Waals surface area contributed by atoms with Gasteiger partial charge >= 0.3 is 0 Å². The molecule has 0 spiro atoms. The van der Waals surface area contributed by atoms with E-state index in [0.29, 0.717) is 28.0 Å². The molecule has 1 aromatic carbocycles. The second-order valence-electron chi connectivity index (χ2n) is 5.71. The van der Waals surface area contributed by atoms with Crippen molar-refractivity contribution in [1.29, 1.82) is 0 Å². The number of anilines is 1. The normalized spacial score (nSPS) is 10.6. The summed E-state index contributed by atoms with van der Waals surface area (Å²) in [5.41, 5.74) is 2.03. The quantitative estimate of drug-likeness (QED) is 0.486. The molecule has 0 bridgehead atoms. The molecule has 0 aliphatic heterocycles. The fourth-order valence-corrected chi connectivity index (χ4v) is 4.09. The highest BCUT2D eigenvalue weighted by Crippen LogP contribution is 2.33. The summed E-state index contributed by atoms with van der Waals surface area (Å²) in [4.78, 5) is 18.0. The zero-order chi connectivity index (χ0) is 19.5. The summed E-state index contributed by atoms with van der Waals surface area (Å²) in [7, 11) is 3.17. The molecular formula is C19H16N4O3S2. The highest BCUT2D eigenvalue weighted by atomic mass is 32.1. The van der Waals surface area contributed by atoms with Gasteiger partial charge in [-0.05, 0) is 29.6 Å². The molecule has 0 aliphatic carbocycles. The lowest BCUT2D eigenvalue weighted by Crippen LogP contribution is -2.12. The molecule has 0 saturated heterocycles. The highest BCUT2D eigenvalue weighted by molar-refractivity contribution is 7.13. The maximum Gasteiger partial charge on any atom is 0.276 e. The average Bonchev–Trinajstić information content (AvgIpc) is 3.48. The van der Waals surface area contributed by atoms with E-state index in [1.165, 1.54) is 11.3 Å². The van der Waals surface area contributed by atoms with Gasteiger partial charge in [0.2, 0.25) is 0 Å². The number of carbonyl (C=O) groups is 1. The largest absolute Gasteiger partial charge is 0.493 e. The molecule has 9 heteroatoms. The number of benzene rings is 1. The van der Waals surface area contributed by atoms with E-state index in [1.54, 1.807) is 37.0 Å². The van der Waals surface area contributed by atoms with Crippen LogP contribution < -0.4 is 14.8 Å². The van der Waals surface area contributed by atoms with Crippen LogP contribution in [0.4, 0.5) is 5.82 Å². The molecule has 1 amide bonds. The van der Waals surface area contributed by atoms with E-state index in [-0.39, 0.29) is 5.91 Å².